The van der Waals surface area contributed by atoms with Crippen molar-refractivity contribution in [3.05, 3.63) is 29.3 Å². The number of thiophene rings is 1. The largest absolute Gasteiger partial charge is 0.370 e. The highest BCUT2D eigenvalue weighted by Crippen LogP contribution is 2.22. The van der Waals surface area contributed by atoms with Gasteiger partial charge in [0.1, 0.15) is 4.21 Å². The van der Waals surface area contributed by atoms with Crippen molar-refractivity contribution in [2.45, 2.75) is 30.4 Å². The van der Waals surface area contributed by atoms with Gasteiger partial charge in [-0.1, -0.05) is 6.92 Å². The summed E-state index contributed by atoms with van der Waals surface area (Å²) < 4.78 is 27.5. The van der Waals surface area contributed by atoms with Crippen LogP contribution in [0.3, 0.4) is 0 Å². The Labute approximate surface area is 152 Å². The summed E-state index contributed by atoms with van der Waals surface area (Å²) in [6, 6.07) is 5.47. The Kier molecular flexibility index (Phi) is 5.87. The molecular formula is C16H23N5O2S2. The Morgan fingerprint density at radius 1 is 1.24 bits per heavy atom. The number of nitrogens with one attached hydrogen (secondary N) is 2. The van der Waals surface area contributed by atoms with E-state index in [1.807, 2.05) is 19.1 Å². The lowest BCUT2D eigenvalue weighted by Crippen LogP contribution is -2.28. The van der Waals surface area contributed by atoms with Crippen LogP contribution >= 0.6 is 11.3 Å². The molecule has 1 aliphatic heterocycles. The number of hydrogen-bond acceptors (Lipinski definition) is 7. The van der Waals surface area contributed by atoms with Crippen molar-refractivity contribution in [2.24, 2.45) is 0 Å². The molecule has 0 spiro atoms. The van der Waals surface area contributed by atoms with Gasteiger partial charge in [0.05, 0.1) is 11.9 Å². The molecule has 3 rings (SSSR count). The second kappa shape index (κ2) is 8.11. The van der Waals surface area contributed by atoms with Crippen molar-refractivity contribution in [3.63, 3.8) is 0 Å². The molecule has 0 amide bonds. The van der Waals surface area contributed by atoms with Gasteiger partial charge in [-0.15, -0.1) is 16.4 Å². The Bertz CT molecular complexity index is 800. The molecule has 0 bridgehead atoms. The lowest BCUT2D eigenvalue weighted by atomic mass is 10.4. The van der Waals surface area contributed by atoms with Crippen LogP contribution in [0.2, 0.25) is 0 Å². The number of hydrogen-bond donors (Lipinski definition) is 2. The van der Waals surface area contributed by atoms with Gasteiger partial charge in [0.2, 0.25) is 10.0 Å². The first-order valence-corrected chi connectivity index (χ1v) is 10.8. The van der Waals surface area contributed by atoms with Crippen LogP contribution in [-0.2, 0) is 16.4 Å². The maximum atomic E-state index is 12.2. The van der Waals surface area contributed by atoms with E-state index in [1.54, 1.807) is 12.3 Å². The van der Waals surface area contributed by atoms with E-state index in [9.17, 15) is 8.42 Å². The number of rotatable bonds is 8. The smallest absolute Gasteiger partial charge is 0.250 e. The molecule has 0 unspecified atom stereocenters. The van der Waals surface area contributed by atoms with Crippen LogP contribution in [0.4, 0.5) is 11.5 Å². The minimum atomic E-state index is -3.44. The van der Waals surface area contributed by atoms with Crippen LogP contribution in [0, 0.1) is 0 Å². The molecule has 7 nitrogen and oxygen atoms in total. The van der Waals surface area contributed by atoms with Crippen LogP contribution in [0.5, 0.6) is 0 Å². The molecule has 3 heterocycles. The molecule has 9 heteroatoms. The number of nitrogens with zero attached hydrogens (tertiary/aromatic N) is 3. The van der Waals surface area contributed by atoms with Crippen molar-refractivity contribution >= 4 is 32.9 Å². The summed E-state index contributed by atoms with van der Waals surface area (Å²) in [4.78, 5) is 3.34. The number of aromatic nitrogens is 2. The molecule has 0 aliphatic carbocycles. The molecule has 1 aliphatic rings. The zero-order chi connectivity index (χ0) is 17.7. The maximum absolute atomic E-state index is 12.2. The fourth-order valence-corrected chi connectivity index (χ4v) is 5.10. The molecule has 2 aromatic rings. The first-order chi connectivity index (χ1) is 12.1. The van der Waals surface area contributed by atoms with Gasteiger partial charge in [-0.05, 0) is 31.4 Å². The lowest BCUT2D eigenvalue weighted by molar-refractivity contribution is 0.585. The first-order valence-electron chi connectivity index (χ1n) is 8.48. The van der Waals surface area contributed by atoms with Gasteiger partial charge in [-0.2, -0.15) is 5.10 Å². The van der Waals surface area contributed by atoms with Gasteiger partial charge in [-0.3, -0.25) is 0 Å². The molecule has 0 aromatic carbocycles. The van der Waals surface area contributed by atoms with E-state index < -0.39 is 10.0 Å². The fraction of sp³-hybridized carbons (Fsp3) is 0.500. The summed E-state index contributed by atoms with van der Waals surface area (Å²) in [5.41, 5.74) is 1.06. The van der Waals surface area contributed by atoms with Gasteiger partial charge in [0, 0.05) is 37.1 Å². The van der Waals surface area contributed by atoms with Gasteiger partial charge in [-0.25, -0.2) is 13.1 Å². The van der Waals surface area contributed by atoms with Crippen molar-refractivity contribution in [1.29, 1.82) is 0 Å². The van der Waals surface area contributed by atoms with E-state index in [0.717, 1.165) is 30.1 Å². The second-order valence-electron chi connectivity index (χ2n) is 5.89. The normalized spacial score (nSPS) is 14.8. The molecule has 1 saturated heterocycles. The SMILES string of the molecule is CCc1ccc(S(=O)(=O)NCCNc2cc(N3CCCC3)cnn2)s1. The molecule has 2 aromatic heterocycles. The van der Waals surface area contributed by atoms with E-state index in [4.69, 9.17) is 0 Å². The summed E-state index contributed by atoms with van der Waals surface area (Å²) in [6.45, 7) is 4.84. The van der Waals surface area contributed by atoms with Crippen molar-refractivity contribution in [1.82, 2.24) is 14.9 Å². The van der Waals surface area contributed by atoms with Gasteiger partial charge < -0.3 is 10.2 Å². The molecule has 136 valence electrons. The summed E-state index contributed by atoms with van der Waals surface area (Å²) in [6.07, 6.45) is 5.01. The quantitative estimate of drug-likeness (QED) is 0.681. The van der Waals surface area contributed by atoms with Crippen LogP contribution < -0.4 is 14.9 Å². The van der Waals surface area contributed by atoms with E-state index in [2.05, 4.69) is 25.1 Å². The lowest BCUT2D eigenvalue weighted by Gasteiger charge is -2.17. The van der Waals surface area contributed by atoms with Gasteiger partial charge in [0.15, 0.2) is 5.82 Å². The first kappa shape index (κ1) is 18.1. The van der Waals surface area contributed by atoms with Gasteiger partial charge >= 0.3 is 0 Å². The Morgan fingerprint density at radius 2 is 2.04 bits per heavy atom. The topological polar surface area (TPSA) is 87.2 Å². The van der Waals surface area contributed by atoms with Crippen LogP contribution in [0.15, 0.2) is 28.6 Å². The van der Waals surface area contributed by atoms with Crippen molar-refractivity contribution < 1.29 is 8.42 Å². The molecular weight excluding hydrogens is 358 g/mol. The van der Waals surface area contributed by atoms with Crippen LogP contribution in [0.1, 0.15) is 24.6 Å². The zero-order valence-corrected chi connectivity index (χ0v) is 15.9. The van der Waals surface area contributed by atoms with Gasteiger partial charge in [0.25, 0.3) is 0 Å². The average molecular weight is 382 g/mol. The molecule has 0 radical (unpaired) electrons. The maximum Gasteiger partial charge on any atom is 0.250 e. The van der Waals surface area contributed by atoms with E-state index in [0.29, 0.717) is 16.6 Å². The zero-order valence-electron chi connectivity index (χ0n) is 14.2. The van der Waals surface area contributed by atoms with Crippen molar-refractivity contribution in [2.75, 3.05) is 36.4 Å². The third-order valence-corrected chi connectivity index (χ3v) is 7.27. The van der Waals surface area contributed by atoms with Crippen LogP contribution in [-0.4, -0.2) is 44.8 Å². The summed E-state index contributed by atoms with van der Waals surface area (Å²) in [5, 5.41) is 11.2. The van der Waals surface area contributed by atoms with Crippen LogP contribution in [0.25, 0.3) is 0 Å². The molecule has 25 heavy (non-hydrogen) atoms. The standard InChI is InChI=1S/C16H23N5O2S2/c1-2-14-5-6-16(24-14)25(22,23)19-8-7-17-15-11-13(12-18-20-15)21-9-3-4-10-21/h5-6,11-12,19H,2-4,7-10H2,1H3,(H,17,20). The third kappa shape index (κ3) is 4.68. The molecule has 0 saturated carbocycles. The number of aryl methyl sites for hydroxylation is 1. The fourth-order valence-electron chi connectivity index (χ4n) is 2.73. The van der Waals surface area contributed by atoms with E-state index in [-0.39, 0.29) is 6.54 Å². The van der Waals surface area contributed by atoms with E-state index in [1.165, 1.54) is 24.2 Å². The Balaban J connectivity index is 1.50. The minimum Gasteiger partial charge on any atom is -0.370 e. The number of anilines is 2. The highest BCUT2D eigenvalue weighted by atomic mass is 32.2. The minimum absolute atomic E-state index is 0.289. The highest BCUT2D eigenvalue weighted by Gasteiger charge is 2.16. The summed E-state index contributed by atoms with van der Waals surface area (Å²) >= 11 is 1.31. The molecule has 0 atom stereocenters. The monoisotopic (exact) mass is 381 g/mol. The predicted octanol–water partition coefficient (Wildman–Crippen LogP) is 2.09. The summed E-state index contributed by atoms with van der Waals surface area (Å²) in [7, 11) is -3.44. The Morgan fingerprint density at radius 3 is 2.76 bits per heavy atom. The molecule has 2 N–H and O–H groups in total. The van der Waals surface area contributed by atoms with E-state index >= 15 is 0 Å². The Hall–Kier alpha value is -1.71. The predicted molar refractivity (Wildman–Crippen MR) is 101 cm³/mol. The summed E-state index contributed by atoms with van der Waals surface area (Å²) in [5.74, 6) is 0.660. The molecule has 1 fully saturated rings. The average Bonchev–Trinajstić information content (AvgIpc) is 3.30. The highest BCUT2D eigenvalue weighted by molar-refractivity contribution is 7.91. The third-order valence-electron chi connectivity index (χ3n) is 4.08. The number of sulfonamides is 1. The van der Waals surface area contributed by atoms with Crippen molar-refractivity contribution in [3.8, 4) is 0 Å². The second-order valence-corrected chi connectivity index (χ2v) is 9.05.